The summed E-state index contributed by atoms with van der Waals surface area (Å²) in [5, 5.41) is 17.3. The summed E-state index contributed by atoms with van der Waals surface area (Å²) in [4.78, 5) is 47.4. The number of hydrogen-bond acceptors (Lipinski definition) is 9. The molecule has 1 fully saturated rings. The molecule has 10 nitrogen and oxygen atoms in total. The standard InChI is InChI=1S/C20H27N5O5S2/c1-2-3-4-5-6-7-9-30-24-14(12-11-32-20(21)22-12)16(26)23-15-17(27)25-13(19(28)29)8-10-31-18(15)25/h8,11,15,18H,2-7,9-10H2,1H3,(H2,21,22)(H,23,26)(H,28,29)/t15?,18-/m1/s1. The van der Waals surface area contributed by atoms with Gasteiger partial charge < -0.3 is 21.0 Å². The van der Waals surface area contributed by atoms with E-state index in [1.807, 2.05) is 0 Å². The second kappa shape index (κ2) is 11.3. The number of anilines is 1. The number of aliphatic carboxylic acids is 1. The van der Waals surface area contributed by atoms with Crippen LogP contribution in [0.2, 0.25) is 0 Å². The van der Waals surface area contributed by atoms with Crippen molar-refractivity contribution < 1.29 is 24.3 Å². The van der Waals surface area contributed by atoms with Gasteiger partial charge in [0.25, 0.3) is 11.8 Å². The minimum Gasteiger partial charge on any atom is -0.477 e. The van der Waals surface area contributed by atoms with Gasteiger partial charge in [0.05, 0.1) is 0 Å². The second-order valence-electron chi connectivity index (χ2n) is 7.39. The van der Waals surface area contributed by atoms with Gasteiger partial charge in [0.2, 0.25) is 0 Å². The molecule has 0 spiro atoms. The average molecular weight is 482 g/mol. The van der Waals surface area contributed by atoms with Crippen molar-refractivity contribution in [1.82, 2.24) is 15.2 Å². The Labute approximate surface area is 194 Å². The van der Waals surface area contributed by atoms with Crippen molar-refractivity contribution in [2.75, 3.05) is 18.1 Å². The summed E-state index contributed by atoms with van der Waals surface area (Å²) < 4.78 is 0. The lowest BCUT2D eigenvalue weighted by Crippen LogP contribution is -2.70. The van der Waals surface area contributed by atoms with Crippen molar-refractivity contribution in [2.45, 2.75) is 56.9 Å². The number of amides is 2. The van der Waals surface area contributed by atoms with E-state index in [0.717, 1.165) is 30.6 Å². The van der Waals surface area contributed by atoms with E-state index in [1.54, 1.807) is 5.38 Å². The zero-order chi connectivity index (χ0) is 23.1. The lowest BCUT2D eigenvalue weighted by atomic mass is 10.0. The number of carbonyl (C=O) groups is 3. The van der Waals surface area contributed by atoms with Crippen molar-refractivity contribution in [2.24, 2.45) is 5.16 Å². The quantitative estimate of drug-likeness (QED) is 0.178. The number of carboxylic acids is 1. The first-order valence-electron chi connectivity index (χ1n) is 10.5. The Morgan fingerprint density at radius 3 is 2.78 bits per heavy atom. The van der Waals surface area contributed by atoms with E-state index in [9.17, 15) is 19.5 Å². The highest BCUT2D eigenvalue weighted by atomic mass is 32.2. The van der Waals surface area contributed by atoms with Crippen molar-refractivity contribution in [3.8, 4) is 0 Å². The third-order valence-electron chi connectivity index (χ3n) is 5.08. The number of carbonyl (C=O) groups excluding carboxylic acids is 2. The first-order chi connectivity index (χ1) is 15.4. The molecule has 1 saturated heterocycles. The molecule has 1 unspecified atom stereocenters. The maximum Gasteiger partial charge on any atom is 0.352 e. The minimum atomic E-state index is -1.17. The number of thioether (sulfide) groups is 1. The lowest BCUT2D eigenvalue weighted by molar-refractivity contribution is -0.150. The molecule has 3 heterocycles. The Kier molecular flexibility index (Phi) is 8.51. The van der Waals surface area contributed by atoms with Gasteiger partial charge in [-0.1, -0.05) is 37.8 Å². The summed E-state index contributed by atoms with van der Waals surface area (Å²) in [6.07, 6.45) is 8.05. The molecule has 4 N–H and O–H groups in total. The molecule has 0 saturated carbocycles. The van der Waals surface area contributed by atoms with Gasteiger partial charge in [-0.2, -0.15) is 0 Å². The number of nitrogens with two attached hydrogens (primary N) is 1. The number of carboxylic acid groups (broad SMARTS) is 1. The normalized spacial score (nSPS) is 20.3. The van der Waals surface area contributed by atoms with Crippen LogP contribution in [0.25, 0.3) is 0 Å². The van der Waals surface area contributed by atoms with Gasteiger partial charge in [0.1, 0.15) is 29.4 Å². The maximum atomic E-state index is 12.9. The largest absolute Gasteiger partial charge is 0.477 e. The number of nitrogens with one attached hydrogen (secondary N) is 1. The Balaban J connectivity index is 1.61. The van der Waals surface area contributed by atoms with E-state index >= 15 is 0 Å². The number of oxime groups is 1. The van der Waals surface area contributed by atoms with E-state index < -0.39 is 29.2 Å². The molecule has 2 amide bonds. The van der Waals surface area contributed by atoms with Gasteiger partial charge >= 0.3 is 5.97 Å². The molecule has 12 heteroatoms. The molecule has 0 bridgehead atoms. The Hall–Kier alpha value is -2.60. The molecule has 1 aromatic rings. The van der Waals surface area contributed by atoms with Crippen molar-refractivity contribution in [3.63, 3.8) is 0 Å². The number of aromatic nitrogens is 1. The highest BCUT2D eigenvalue weighted by molar-refractivity contribution is 8.00. The predicted octanol–water partition coefficient (Wildman–Crippen LogP) is 2.17. The SMILES string of the molecule is CCCCCCCCON=C(C(=O)NC1C(=O)N2C(C(=O)O)=CCS[C@H]12)c1csc(N)n1. The van der Waals surface area contributed by atoms with Crippen LogP contribution in [0.4, 0.5) is 5.13 Å². The Morgan fingerprint density at radius 1 is 1.34 bits per heavy atom. The summed E-state index contributed by atoms with van der Waals surface area (Å²) in [6, 6.07) is -0.852. The van der Waals surface area contributed by atoms with E-state index in [0.29, 0.717) is 12.4 Å². The van der Waals surface area contributed by atoms with E-state index in [4.69, 9.17) is 10.6 Å². The minimum absolute atomic E-state index is 0.0623. The van der Waals surface area contributed by atoms with Crippen molar-refractivity contribution >= 4 is 51.7 Å². The van der Waals surface area contributed by atoms with Crippen LogP contribution < -0.4 is 11.1 Å². The number of nitrogens with zero attached hydrogens (tertiary/aromatic N) is 3. The summed E-state index contributed by atoms with van der Waals surface area (Å²) in [7, 11) is 0. The number of nitrogen functional groups attached to an aromatic ring is 1. The third kappa shape index (κ3) is 5.60. The molecule has 2 aliphatic heterocycles. The van der Waals surface area contributed by atoms with Crippen LogP contribution >= 0.6 is 23.1 Å². The van der Waals surface area contributed by atoms with Crippen LogP contribution in [0.15, 0.2) is 22.3 Å². The van der Waals surface area contributed by atoms with Gasteiger partial charge in [-0.25, -0.2) is 9.78 Å². The van der Waals surface area contributed by atoms with Crippen molar-refractivity contribution in [1.29, 1.82) is 0 Å². The monoisotopic (exact) mass is 481 g/mol. The molecule has 1 aromatic heterocycles. The van der Waals surface area contributed by atoms with Gasteiger partial charge in [0, 0.05) is 11.1 Å². The first kappa shape index (κ1) is 24.1. The van der Waals surface area contributed by atoms with Crippen LogP contribution in [0.1, 0.15) is 51.1 Å². The molecule has 3 rings (SSSR count). The highest BCUT2D eigenvalue weighted by Gasteiger charge is 2.53. The molecule has 2 atom stereocenters. The number of thiazole rings is 1. The number of rotatable bonds is 12. The van der Waals surface area contributed by atoms with Crippen molar-refractivity contribution in [3.05, 3.63) is 22.8 Å². The van der Waals surface area contributed by atoms with E-state index in [1.165, 1.54) is 42.0 Å². The zero-order valence-corrected chi connectivity index (χ0v) is 19.4. The molecular formula is C20H27N5O5S2. The van der Waals surface area contributed by atoms with Crippen LogP contribution in [-0.2, 0) is 19.2 Å². The molecule has 32 heavy (non-hydrogen) atoms. The third-order valence-corrected chi connectivity index (χ3v) is 6.93. The molecule has 0 radical (unpaired) electrons. The van der Waals surface area contributed by atoms with Gasteiger partial charge in [-0.3, -0.25) is 14.5 Å². The second-order valence-corrected chi connectivity index (χ2v) is 9.43. The number of hydrogen-bond donors (Lipinski definition) is 3. The Bertz CT molecular complexity index is 916. The maximum absolute atomic E-state index is 12.9. The fourth-order valence-corrected chi connectivity index (χ4v) is 5.15. The van der Waals surface area contributed by atoms with E-state index in [-0.39, 0.29) is 22.2 Å². The van der Waals surface area contributed by atoms with Crippen LogP contribution in [-0.4, -0.2) is 62.3 Å². The smallest absolute Gasteiger partial charge is 0.352 e. The highest BCUT2D eigenvalue weighted by Crippen LogP contribution is 2.37. The van der Waals surface area contributed by atoms with Gasteiger partial charge in [-0.15, -0.1) is 23.1 Å². The molecule has 0 aromatic carbocycles. The van der Waals surface area contributed by atoms with Gasteiger partial charge in [0.15, 0.2) is 10.8 Å². The number of β-lactam (4-membered cyclic amide) rings is 1. The molecule has 174 valence electrons. The summed E-state index contributed by atoms with van der Waals surface area (Å²) >= 11 is 2.54. The number of fused-ring (bicyclic) bond motifs is 1. The topological polar surface area (TPSA) is 147 Å². The summed E-state index contributed by atoms with van der Waals surface area (Å²) in [5.41, 5.74) is 5.83. The van der Waals surface area contributed by atoms with Crippen LogP contribution in [0, 0.1) is 0 Å². The Morgan fingerprint density at radius 2 is 2.09 bits per heavy atom. The average Bonchev–Trinajstić information content (AvgIpc) is 3.21. The summed E-state index contributed by atoms with van der Waals surface area (Å²) in [5.74, 6) is -1.83. The lowest BCUT2D eigenvalue weighted by Gasteiger charge is -2.48. The number of unbranched alkanes of at least 4 members (excludes halogenated alkanes) is 5. The molecule has 0 aliphatic carbocycles. The first-order valence-corrected chi connectivity index (χ1v) is 12.5. The summed E-state index contributed by atoms with van der Waals surface area (Å²) in [6.45, 7) is 2.53. The zero-order valence-electron chi connectivity index (χ0n) is 17.8. The van der Waals surface area contributed by atoms with Gasteiger partial charge in [-0.05, 0) is 18.9 Å². The fourth-order valence-electron chi connectivity index (χ4n) is 3.41. The van der Waals surface area contributed by atoms with Crippen LogP contribution in [0.3, 0.4) is 0 Å². The molecule has 2 aliphatic rings. The fraction of sp³-hybridized carbons (Fsp3) is 0.550. The van der Waals surface area contributed by atoms with Crippen LogP contribution in [0.5, 0.6) is 0 Å². The molecular weight excluding hydrogens is 454 g/mol. The predicted molar refractivity (Wildman–Crippen MR) is 123 cm³/mol. The van der Waals surface area contributed by atoms with E-state index in [2.05, 4.69) is 22.4 Å².